The molecule has 8 heteroatoms. The number of thiophene rings is 2. The van der Waals surface area contributed by atoms with E-state index in [4.69, 9.17) is 0 Å². The van der Waals surface area contributed by atoms with Gasteiger partial charge in [-0.1, -0.05) is 6.07 Å². The van der Waals surface area contributed by atoms with Crippen LogP contribution in [0.4, 0.5) is 0 Å². The number of rotatable bonds is 5. The minimum atomic E-state index is -0.119. The molecule has 0 aliphatic rings. The summed E-state index contributed by atoms with van der Waals surface area (Å²) in [6.07, 6.45) is 0. The molecule has 3 rings (SSSR count). The number of aromatic amines is 1. The van der Waals surface area contributed by atoms with Crippen molar-refractivity contribution in [1.82, 2.24) is 14.9 Å². The molecule has 0 aliphatic heterocycles. The number of aromatic nitrogens is 2. The smallest absolute Gasteiger partial charge is 0.260 e. The van der Waals surface area contributed by atoms with Gasteiger partial charge in [0, 0.05) is 29.9 Å². The van der Waals surface area contributed by atoms with Crippen molar-refractivity contribution < 1.29 is 4.79 Å². The summed E-state index contributed by atoms with van der Waals surface area (Å²) >= 11 is 4.56. The number of hydrogen-bond donors (Lipinski definition) is 1. The summed E-state index contributed by atoms with van der Waals surface area (Å²) in [5.74, 6) is 1.02. The van der Waals surface area contributed by atoms with Crippen molar-refractivity contribution in [2.75, 3.05) is 19.8 Å². The van der Waals surface area contributed by atoms with Crippen molar-refractivity contribution in [3.05, 3.63) is 39.1 Å². The molecule has 0 spiro atoms. The van der Waals surface area contributed by atoms with Gasteiger partial charge < -0.3 is 9.88 Å². The maximum atomic E-state index is 12.6. The lowest BCUT2D eigenvalue weighted by molar-refractivity contribution is -0.125. The predicted molar refractivity (Wildman–Crippen MR) is 103 cm³/mol. The monoisotopic (exact) mass is 379 g/mol. The topological polar surface area (TPSA) is 66.1 Å². The molecule has 24 heavy (non-hydrogen) atoms. The van der Waals surface area contributed by atoms with E-state index >= 15 is 0 Å². The third kappa shape index (κ3) is 3.40. The number of carbonyl (C=O) groups excluding carboxylic acids is 1. The number of H-pyrrole nitrogens is 1. The average molecular weight is 380 g/mol. The molecule has 0 unspecified atom stereocenters. The Morgan fingerprint density at radius 2 is 2.21 bits per heavy atom. The van der Waals surface area contributed by atoms with Crippen molar-refractivity contribution in [2.45, 2.75) is 12.2 Å². The van der Waals surface area contributed by atoms with Gasteiger partial charge >= 0.3 is 0 Å². The number of amides is 1. The molecule has 0 bridgehead atoms. The van der Waals surface area contributed by atoms with Crippen molar-refractivity contribution >= 4 is 50.6 Å². The summed E-state index contributed by atoms with van der Waals surface area (Å²) in [5, 5.41) is 4.57. The van der Waals surface area contributed by atoms with Crippen LogP contribution in [0.3, 0.4) is 0 Å². The molecule has 3 aromatic rings. The van der Waals surface area contributed by atoms with Gasteiger partial charge in [0.1, 0.15) is 10.7 Å². The quantitative estimate of drug-likeness (QED) is 0.736. The van der Waals surface area contributed by atoms with E-state index in [0.29, 0.717) is 17.0 Å². The SMILES string of the molecule is C[C@H](SCC(=O)N(C)C)c1nc2scc(-c3cccs3)c2c(=O)[nH]1. The number of fused-ring (bicyclic) bond motifs is 1. The van der Waals surface area contributed by atoms with Crippen LogP contribution in [0.1, 0.15) is 18.0 Å². The Balaban J connectivity index is 1.89. The van der Waals surface area contributed by atoms with E-state index in [1.54, 1.807) is 30.3 Å². The van der Waals surface area contributed by atoms with Gasteiger partial charge in [-0.05, 0) is 18.4 Å². The molecule has 0 fully saturated rings. The van der Waals surface area contributed by atoms with Crippen LogP contribution in [0, 0.1) is 0 Å². The summed E-state index contributed by atoms with van der Waals surface area (Å²) in [6, 6.07) is 3.98. The van der Waals surface area contributed by atoms with E-state index < -0.39 is 0 Å². The summed E-state index contributed by atoms with van der Waals surface area (Å²) < 4.78 is 0. The van der Waals surface area contributed by atoms with Crippen LogP contribution in [0.15, 0.2) is 27.7 Å². The first-order valence-corrected chi connectivity index (χ1v) is 10.1. The zero-order valence-corrected chi connectivity index (χ0v) is 16.0. The number of carbonyl (C=O) groups is 1. The highest BCUT2D eigenvalue weighted by Crippen LogP contribution is 2.34. The molecule has 0 aromatic carbocycles. The lowest BCUT2D eigenvalue weighted by atomic mass is 10.2. The fraction of sp³-hybridized carbons (Fsp3) is 0.312. The third-order valence-electron chi connectivity index (χ3n) is 3.59. The molecule has 0 aliphatic carbocycles. The zero-order chi connectivity index (χ0) is 17.3. The fourth-order valence-corrected chi connectivity index (χ4v) is 4.87. The molecule has 0 saturated carbocycles. The molecule has 0 radical (unpaired) electrons. The fourth-order valence-electron chi connectivity index (χ4n) is 2.18. The van der Waals surface area contributed by atoms with Gasteiger partial charge in [-0.25, -0.2) is 4.98 Å². The van der Waals surface area contributed by atoms with E-state index in [1.165, 1.54) is 23.1 Å². The van der Waals surface area contributed by atoms with Crippen LogP contribution in [0.2, 0.25) is 0 Å². The van der Waals surface area contributed by atoms with Crippen LogP contribution in [-0.2, 0) is 4.79 Å². The first-order chi connectivity index (χ1) is 11.5. The number of hydrogen-bond acceptors (Lipinski definition) is 6. The first-order valence-electron chi connectivity index (χ1n) is 7.34. The molecule has 1 atom stereocenters. The third-order valence-corrected chi connectivity index (χ3v) is 6.50. The van der Waals surface area contributed by atoms with E-state index in [-0.39, 0.29) is 16.7 Å². The number of thioether (sulfide) groups is 1. The van der Waals surface area contributed by atoms with Gasteiger partial charge in [0.25, 0.3) is 5.56 Å². The highest BCUT2D eigenvalue weighted by molar-refractivity contribution is 8.00. The van der Waals surface area contributed by atoms with Crippen molar-refractivity contribution in [2.24, 2.45) is 0 Å². The lowest BCUT2D eigenvalue weighted by Crippen LogP contribution is -2.24. The molecule has 3 aromatic heterocycles. The standard InChI is InChI=1S/C16H17N3O2S3/c1-9(23-8-12(20)19(2)3)14-17-15(21)13-10(7-24-16(13)18-14)11-5-4-6-22-11/h4-7,9H,8H2,1-3H3,(H,17,18,21)/t9-/m0/s1. The van der Waals surface area contributed by atoms with Gasteiger partial charge in [-0.2, -0.15) is 0 Å². The first kappa shape index (κ1) is 17.2. The second-order valence-corrected chi connectivity index (χ2v) is 8.63. The highest BCUT2D eigenvalue weighted by atomic mass is 32.2. The average Bonchev–Trinajstić information content (AvgIpc) is 3.20. The minimum Gasteiger partial charge on any atom is -0.348 e. The van der Waals surface area contributed by atoms with E-state index in [2.05, 4.69) is 9.97 Å². The molecule has 5 nitrogen and oxygen atoms in total. The lowest BCUT2D eigenvalue weighted by Gasteiger charge is -2.13. The molecule has 3 heterocycles. The van der Waals surface area contributed by atoms with Gasteiger partial charge in [0.05, 0.1) is 16.4 Å². The molecular weight excluding hydrogens is 362 g/mol. The van der Waals surface area contributed by atoms with Crippen LogP contribution in [-0.4, -0.2) is 40.6 Å². The maximum absolute atomic E-state index is 12.6. The van der Waals surface area contributed by atoms with E-state index in [1.807, 2.05) is 29.8 Å². The minimum absolute atomic E-state index is 0.0476. The van der Waals surface area contributed by atoms with Crippen LogP contribution in [0.25, 0.3) is 20.7 Å². The molecule has 0 saturated heterocycles. The second kappa shape index (κ2) is 7.08. The van der Waals surface area contributed by atoms with Crippen LogP contribution < -0.4 is 5.56 Å². The molecule has 1 amide bonds. The Bertz CT molecular complexity index is 912. The second-order valence-electron chi connectivity index (χ2n) is 5.50. The van der Waals surface area contributed by atoms with Crippen molar-refractivity contribution in [3.8, 4) is 10.4 Å². The van der Waals surface area contributed by atoms with Gasteiger partial charge in [0.15, 0.2) is 0 Å². The Kier molecular flexibility index (Phi) is 5.07. The van der Waals surface area contributed by atoms with E-state index in [0.717, 1.165) is 15.3 Å². The number of nitrogens with zero attached hydrogens (tertiary/aromatic N) is 2. The van der Waals surface area contributed by atoms with Gasteiger partial charge in [0.2, 0.25) is 5.91 Å². The Hall–Kier alpha value is -1.64. The normalized spacial score (nSPS) is 12.5. The Morgan fingerprint density at radius 1 is 1.42 bits per heavy atom. The van der Waals surface area contributed by atoms with Crippen LogP contribution >= 0.6 is 34.4 Å². The van der Waals surface area contributed by atoms with E-state index in [9.17, 15) is 9.59 Å². The molecule has 1 N–H and O–H groups in total. The summed E-state index contributed by atoms with van der Waals surface area (Å²) in [5.41, 5.74) is 0.819. The van der Waals surface area contributed by atoms with Crippen molar-refractivity contribution in [3.63, 3.8) is 0 Å². The summed E-state index contributed by atoms with van der Waals surface area (Å²) in [4.78, 5) is 35.1. The van der Waals surface area contributed by atoms with Gasteiger partial charge in [-0.15, -0.1) is 34.4 Å². The summed E-state index contributed by atoms with van der Waals surface area (Å²) in [6.45, 7) is 1.95. The molecular formula is C16H17N3O2S3. The number of nitrogens with one attached hydrogen (secondary N) is 1. The largest absolute Gasteiger partial charge is 0.348 e. The Morgan fingerprint density at radius 3 is 2.88 bits per heavy atom. The molecule has 126 valence electrons. The maximum Gasteiger partial charge on any atom is 0.260 e. The van der Waals surface area contributed by atoms with Crippen molar-refractivity contribution in [1.29, 1.82) is 0 Å². The van der Waals surface area contributed by atoms with Crippen LogP contribution in [0.5, 0.6) is 0 Å². The highest BCUT2D eigenvalue weighted by Gasteiger charge is 2.17. The predicted octanol–water partition coefficient (Wildman–Crippen LogP) is 3.60. The Labute approximate surface area is 151 Å². The summed E-state index contributed by atoms with van der Waals surface area (Å²) in [7, 11) is 3.47. The van der Waals surface area contributed by atoms with Gasteiger partial charge in [-0.3, -0.25) is 9.59 Å². The zero-order valence-electron chi connectivity index (χ0n) is 13.5.